The van der Waals surface area contributed by atoms with E-state index in [2.05, 4.69) is 34.7 Å². The van der Waals surface area contributed by atoms with Crippen molar-refractivity contribution in [1.29, 1.82) is 0 Å². The van der Waals surface area contributed by atoms with E-state index in [9.17, 15) is 0 Å². The highest BCUT2D eigenvalue weighted by Gasteiger charge is 2.28. The summed E-state index contributed by atoms with van der Waals surface area (Å²) in [5.74, 6) is 0.835. The lowest BCUT2D eigenvalue weighted by molar-refractivity contribution is 0.402. The van der Waals surface area contributed by atoms with Crippen LogP contribution in [0.4, 0.5) is 0 Å². The van der Waals surface area contributed by atoms with Crippen LogP contribution in [0, 0.1) is 0 Å². The lowest BCUT2D eigenvalue weighted by atomic mass is 10.0. The van der Waals surface area contributed by atoms with Gasteiger partial charge in [0.15, 0.2) is 5.75 Å². The Kier molecular flexibility index (Phi) is 2.37. The van der Waals surface area contributed by atoms with Gasteiger partial charge in [0.05, 0.1) is 19.3 Å². The topological polar surface area (TPSA) is 39.1 Å². The number of benzene rings is 1. The number of rotatable bonds is 2. The fourth-order valence-electron chi connectivity index (χ4n) is 2.46. The molecular formula is C13H15N3O. The van der Waals surface area contributed by atoms with Crippen molar-refractivity contribution in [2.45, 2.75) is 12.6 Å². The van der Waals surface area contributed by atoms with Crippen LogP contribution >= 0.6 is 0 Å². The van der Waals surface area contributed by atoms with Crippen LogP contribution in [0.5, 0.6) is 5.75 Å². The van der Waals surface area contributed by atoms with Crippen molar-refractivity contribution in [2.75, 3.05) is 7.11 Å². The molecule has 1 aliphatic rings. The highest BCUT2D eigenvalue weighted by Crippen LogP contribution is 2.34. The Morgan fingerprint density at radius 2 is 2.24 bits per heavy atom. The average Bonchev–Trinajstić information content (AvgIpc) is 2.92. The van der Waals surface area contributed by atoms with E-state index in [0.29, 0.717) is 0 Å². The molecule has 3 rings (SSSR count). The highest BCUT2D eigenvalue weighted by molar-refractivity contribution is 5.43. The molecule has 0 saturated carbocycles. The fraction of sp³-hybridized carbons (Fsp3) is 0.308. The van der Waals surface area contributed by atoms with Gasteiger partial charge in [-0.25, -0.2) is 0 Å². The third-order valence-corrected chi connectivity index (χ3v) is 3.31. The molecule has 1 N–H and O–H groups in total. The Bertz CT molecular complexity index is 547. The summed E-state index contributed by atoms with van der Waals surface area (Å²) >= 11 is 0. The first-order valence-corrected chi connectivity index (χ1v) is 5.68. The van der Waals surface area contributed by atoms with Gasteiger partial charge in [0.1, 0.15) is 5.69 Å². The summed E-state index contributed by atoms with van der Waals surface area (Å²) in [6.45, 7) is 0.898. The zero-order valence-electron chi connectivity index (χ0n) is 9.97. The Labute approximate surface area is 100 Å². The van der Waals surface area contributed by atoms with Crippen LogP contribution in [0.3, 0.4) is 0 Å². The molecule has 1 aromatic heterocycles. The molecule has 2 aromatic rings. The van der Waals surface area contributed by atoms with Crippen LogP contribution in [-0.4, -0.2) is 16.9 Å². The van der Waals surface area contributed by atoms with Gasteiger partial charge < -0.3 is 10.1 Å². The van der Waals surface area contributed by atoms with Gasteiger partial charge in [-0.05, 0) is 11.1 Å². The molecule has 1 aliphatic heterocycles. The first kappa shape index (κ1) is 10.4. The lowest BCUT2D eigenvalue weighted by Gasteiger charge is -2.14. The first-order valence-electron chi connectivity index (χ1n) is 5.68. The lowest BCUT2D eigenvalue weighted by Crippen LogP contribution is -2.17. The number of nitrogens with one attached hydrogen (secondary N) is 1. The fourth-order valence-corrected chi connectivity index (χ4v) is 2.46. The summed E-state index contributed by atoms with van der Waals surface area (Å²) in [5.41, 5.74) is 3.74. The van der Waals surface area contributed by atoms with E-state index in [-0.39, 0.29) is 6.04 Å². The summed E-state index contributed by atoms with van der Waals surface area (Å²) in [7, 11) is 3.63. The van der Waals surface area contributed by atoms with E-state index in [1.165, 1.54) is 11.1 Å². The van der Waals surface area contributed by atoms with Crippen LogP contribution in [0.25, 0.3) is 0 Å². The second-order valence-electron chi connectivity index (χ2n) is 4.23. The normalized spacial score (nSPS) is 18.1. The van der Waals surface area contributed by atoms with Crippen molar-refractivity contribution in [3.8, 4) is 5.75 Å². The maximum Gasteiger partial charge on any atom is 0.161 e. The summed E-state index contributed by atoms with van der Waals surface area (Å²) < 4.78 is 7.24. The molecule has 1 unspecified atom stereocenters. The number of ether oxygens (including phenoxy) is 1. The minimum Gasteiger partial charge on any atom is -0.493 e. The van der Waals surface area contributed by atoms with Crippen molar-refractivity contribution in [2.24, 2.45) is 7.05 Å². The van der Waals surface area contributed by atoms with E-state index in [1.807, 2.05) is 11.7 Å². The van der Waals surface area contributed by atoms with E-state index in [0.717, 1.165) is 18.0 Å². The van der Waals surface area contributed by atoms with Crippen LogP contribution < -0.4 is 10.1 Å². The standard InChI is InChI=1S/C13H15N3O/c1-16-13(11(17-2)8-15-16)12-10-6-4-3-5-9(10)7-14-12/h3-6,8,12,14H,7H2,1-2H3. The van der Waals surface area contributed by atoms with E-state index in [4.69, 9.17) is 4.74 Å². The monoisotopic (exact) mass is 229 g/mol. The quantitative estimate of drug-likeness (QED) is 0.850. The number of aryl methyl sites for hydroxylation is 1. The highest BCUT2D eigenvalue weighted by atomic mass is 16.5. The smallest absolute Gasteiger partial charge is 0.161 e. The molecule has 0 amide bonds. The molecular weight excluding hydrogens is 214 g/mol. The third-order valence-electron chi connectivity index (χ3n) is 3.31. The predicted octanol–water partition coefficient (Wildman–Crippen LogP) is 1.62. The number of methoxy groups -OCH3 is 1. The molecule has 0 fully saturated rings. The molecule has 1 aromatic carbocycles. The Hall–Kier alpha value is -1.81. The summed E-state index contributed by atoms with van der Waals surface area (Å²) in [4.78, 5) is 0. The van der Waals surface area contributed by atoms with Crippen LogP contribution in [-0.2, 0) is 13.6 Å². The van der Waals surface area contributed by atoms with E-state index >= 15 is 0 Å². The number of aromatic nitrogens is 2. The summed E-state index contributed by atoms with van der Waals surface area (Å²) in [6.07, 6.45) is 1.76. The van der Waals surface area contributed by atoms with Crippen molar-refractivity contribution < 1.29 is 4.74 Å². The Morgan fingerprint density at radius 3 is 3.06 bits per heavy atom. The molecule has 88 valence electrons. The molecule has 0 bridgehead atoms. The van der Waals surface area contributed by atoms with Crippen molar-refractivity contribution >= 4 is 0 Å². The molecule has 0 aliphatic carbocycles. The Balaban J connectivity index is 2.09. The second-order valence-corrected chi connectivity index (χ2v) is 4.23. The SMILES string of the molecule is COc1cnn(C)c1C1NCc2ccccc21. The van der Waals surface area contributed by atoms with Gasteiger partial charge in [0, 0.05) is 13.6 Å². The minimum absolute atomic E-state index is 0.175. The van der Waals surface area contributed by atoms with E-state index in [1.54, 1.807) is 13.3 Å². The third kappa shape index (κ3) is 1.52. The van der Waals surface area contributed by atoms with Gasteiger partial charge in [0.2, 0.25) is 0 Å². The van der Waals surface area contributed by atoms with E-state index < -0.39 is 0 Å². The van der Waals surface area contributed by atoms with Gasteiger partial charge in [-0.2, -0.15) is 5.10 Å². The van der Waals surface area contributed by atoms with Crippen molar-refractivity contribution in [3.05, 3.63) is 47.3 Å². The van der Waals surface area contributed by atoms with Gasteiger partial charge >= 0.3 is 0 Å². The number of nitrogens with zero attached hydrogens (tertiary/aromatic N) is 2. The molecule has 2 heterocycles. The van der Waals surface area contributed by atoms with Crippen molar-refractivity contribution in [1.82, 2.24) is 15.1 Å². The average molecular weight is 229 g/mol. The van der Waals surface area contributed by atoms with Gasteiger partial charge in [-0.1, -0.05) is 24.3 Å². The summed E-state index contributed by atoms with van der Waals surface area (Å²) in [6, 6.07) is 8.64. The molecule has 17 heavy (non-hydrogen) atoms. The van der Waals surface area contributed by atoms with Crippen LogP contribution in [0.2, 0.25) is 0 Å². The van der Waals surface area contributed by atoms with Crippen LogP contribution in [0.15, 0.2) is 30.5 Å². The predicted molar refractivity (Wildman–Crippen MR) is 64.9 cm³/mol. The van der Waals surface area contributed by atoms with Crippen LogP contribution in [0.1, 0.15) is 22.9 Å². The Morgan fingerprint density at radius 1 is 1.41 bits per heavy atom. The molecule has 4 heteroatoms. The summed E-state index contributed by atoms with van der Waals surface area (Å²) in [5, 5.41) is 7.76. The maximum atomic E-state index is 5.37. The molecule has 1 atom stereocenters. The molecule has 0 saturated heterocycles. The zero-order valence-corrected chi connectivity index (χ0v) is 9.97. The first-order chi connectivity index (χ1) is 8.31. The largest absolute Gasteiger partial charge is 0.493 e. The molecule has 4 nitrogen and oxygen atoms in total. The number of hydrogen-bond donors (Lipinski definition) is 1. The van der Waals surface area contributed by atoms with Gasteiger partial charge in [-0.15, -0.1) is 0 Å². The van der Waals surface area contributed by atoms with Gasteiger partial charge in [0.25, 0.3) is 0 Å². The molecule has 0 radical (unpaired) electrons. The zero-order chi connectivity index (χ0) is 11.8. The number of hydrogen-bond acceptors (Lipinski definition) is 3. The van der Waals surface area contributed by atoms with Crippen molar-refractivity contribution in [3.63, 3.8) is 0 Å². The molecule has 0 spiro atoms. The number of fused-ring (bicyclic) bond motifs is 1. The van der Waals surface area contributed by atoms with Gasteiger partial charge in [-0.3, -0.25) is 4.68 Å². The second kappa shape index (κ2) is 3.89. The maximum absolute atomic E-state index is 5.37. The minimum atomic E-state index is 0.175.